The molecule has 156 valence electrons. The van der Waals surface area contributed by atoms with Gasteiger partial charge in [-0.1, -0.05) is 11.6 Å². The zero-order valence-electron chi connectivity index (χ0n) is 15.0. The minimum absolute atomic E-state index is 0.0944. The second-order valence-corrected chi connectivity index (χ2v) is 7.18. The smallest absolute Gasteiger partial charge is 0.388 e. The van der Waals surface area contributed by atoms with Crippen molar-refractivity contribution in [2.24, 2.45) is 0 Å². The van der Waals surface area contributed by atoms with Gasteiger partial charge in [0.05, 0.1) is 18.7 Å². The van der Waals surface area contributed by atoms with E-state index >= 15 is 0 Å². The monoisotopic (exact) mass is 450 g/mol. The van der Waals surface area contributed by atoms with Crippen molar-refractivity contribution in [3.63, 3.8) is 0 Å². The number of halogens is 4. The van der Waals surface area contributed by atoms with Crippen LogP contribution in [0.2, 0.25) is 5.15 Å². The van der Waals surface area contributed by atoms with Crippen LogP contribution in [0, 0.1) is 5.82 Å². The number of hydrogen-bond donors (Lipinski definition) is 1. The summed E-state index contributed by atoms with van der Waals surface area (Å²) in [6.45, 7) is -3.53. The molecule has 3 aromatic heterocycles. The van der Waals surface area contributed by atoms with Crippen LogP contribution >= 0.6 is 11.6 Å². The summed E-state index contributed by atoms with van der Waals surface area (Å²) in [4.78, 5) is 10.8. The zero-order chi connectivity index (χ0) is 21.1. The minimum atomic E-state index is -3.28. The Balaban J connectivity index is 2.05. The number of ether oxygens (including phenoxy) is 3. The molecule has 0 aliphatic heterocycles. The van der Waals surface area contributed by atoms with Crippen LogP contribution in [0.25, 0.3) is 11.0 Å². The SMILES string of the molecule is COCN(c1cc(F)c(OC(F)F)nc1OC)[S+]([O-])c1c[nH]c2nc(Cl)ccc12. The van der Waals surface area contributed by atoms with Gasteiger partial charge in [0, 0.05) is 13.2 Å². The van der Waals surface area contributed by atoms with Gasteiger partial charge in [0.25, 0.3) is 5.88 Å². The molecule has 8 nitrogen and oxygen atoms in total. The van der Waals surface area contributed by atoms with Crippen molar-refractivity contribution in [2.75, 3.05) is 25.3 Å². The molecule has 0 radical (unpaired) electrons. The molecule has 1 atom stereocenters. The first-order chi connectivity index (χ1) is 13.8. The molecule has 3 aromatic rings. The van der Waals surface area contributed by atoms with Crippen molar-refractivity contribution >= 4 is 39.7 Å². The summed E-state index contributed by atoms with van der Waals surface area (Å²) in [5.74, 6) is -2.42. The summed E-state index contributed by atoms with van der Waals surface area (Å²) in [5, 5.41) is 0.756. The second kappa shape index (κ2) is 8.95. The lowest BCUT2D eigenvalue weighted by molar-refractivity contribution is -0.0555. The van der Waals surface area contributed by atoms with E-state index in [0.29, 0.717) is 15.9 Å². The van der Waals surface area contributed by atoms with Crippen molar-refractivity contribution in [2.45, 2.75) is 11.5 Å². The molecule has 29 heavy (non-hydrogen) atoms. The van der Waals surface area contributed by atoms with Gasteiger partial charge in [-0.15, -0.1) is 0 Å². The number of nitrogens with zero attached hydrogens (tertiary/aromatic N) is 3. The number of fused-ring (bicyclic) bond motifs is 1. The van der Waals surface area contributed by atoms with Crippen LogP contribution < -0.4 is 13.8 Å². The molecule has 0 aliphatic rings. The summed E-state index contributed by atoms with van der Waals surface area (Å²) in [6, 6.07) is 3.97. The standard InChI is InChI=1S/C16H14ClF3N4O4S/c1-26-7-24(10-5-9(18)14(28-16(19)20)23-15(10)27-2)29(25)11-6-21-13-8(11)3-4-12(17)22-13/h3-6,16H,7H2,1-2H3,(H,21,22). The van der Waals surface area contributed by atoms with Gasteiger partial charge in [-0.2, -0.15) is 18.1 Å². The Bertz CT molecular complexity index is 1010. The molecule has 0 amide bonds. The third-order valence-electron chi connectivity index (χ3n) is 3.65. The average Bonchev–Trinajstić information content (AvgIpc) is 3.09. The van der Waals surface area contributed by atoms with E-state index in [9.17, 15) is 17.7 Å². The fourth-order valence-electron chi connectivity index (χ4n) is 2.49. The maximum atomic E-state index is 14.3. The van der Waals surface area contributed by atoms with Gasteiger partial charge in [-0.3, -0.25) is 0 Å². The number of nitrogens with one attached hydrogen (secondary N) is 1. The van der Waals surface area contributed by atoms with E-state index in [1.54, 1.807) is 6.07 Å². The summed E-state index contributed by atoms with van der Waals surface area (Å²) in [5.41, 5.74) is 0.304. The largest absolute Gasteiger partial charge is 0.588 e. The molecule has 0 spiro atoms. The molecule has 1 unspecified atom stereocenters. The molecule has 13 heteroatoms. The Morgan fingerprint density at radius 3 is 2.69 bits per heavy atom. The average molecular weight is 451 g/mol. The molecule has 0 saturated carbocycles. The van der Waals surface area contributed by atoms with Gasteiger partial charge in [0.2, 0.25) is 10.8 Å². The molecular weight excluding hydrogens is 437 g/mol. The summed E-state index contributed by atoms with van der Waals surface area (Å²) in [7, 11) is 2.53. The number of methoxy groups -OCH3 is 2. The van der Waals surface area contributed by atoms with Crippen LogP contribution in [0.1, 0.15) is 0 Å². The first-order valence-corrected chi connectivity index (χ1v) is 9.35. The lowest BCUT2D eigenvalue weighted by Gasteiger charge is -2.25. The molecule has 0 aliphatic carbocycles. The highest BCUT2D eigenvalue weighted by Crippen LogP contribution is 2.36. The molecule has 3 rings (SSSR count). The van der Waals surface area contributed by atoms with Crippen molar-refractivity contribution < 1.29 is 31.9 Å². The van der Waals surface area contributed by atoms with Gasteiger partial charge < -0.3 is 23.7 Å². The van der Waals surface area contributed by atoms with Crippen LogP contribution in [-0.4, -0.2) is 47.1 Å². The number of anilines is 1. The zero-order valence-corrected chi connectivity index (χ0v) is 16.6. The van der Waals surface area contributed by atoms with Gasteiger partial charge in [0.1, 0.15) is 22.2 Å². The third kappa shape index (κ3) is 4.45. The van der Waals surface area contributed by atoms with E-state index in [0.717, 1.165) is 10.4 Å². The first kappa shape index (κ1) is 21.3. The van der Waals surface area contributed by atoms with E-state index in [1.807, 2.05) is 0 Å². The first-order valence-electron chi connectivity index (χ1n) is 7.87. The number of aromatic amines is 1. The van der Waals surface area contributed by atoms with Crippen LogP contribution in [-0.2, 0) is 16.1 Å². The fraction of sp³-hybridized carbons (Fsp3) is 0.250. The van der Waals surface area contributed by atoms with E-state index in [4.69, 9.17) is 21.1 Å². The van der Waals surface area contributed by atoms with Gasteiger partial charge in [0.15, 0.2) is 18.2 Å². The highest BCUT2D eigenvalue weighted by molar-refractivity contribution is 7.93. The fourth-order valence-corrected chi connectivity index (χ4v) is 3.89. The van der Waals surface area contributed by atoms with Gasteiger partial charge in [-0.05, 0) is 12.1 Å². The predicted octanol–water partition coefficient (Wildman–Crippen LogP) is 3.49. The highest BCUT2D eigenvalue weighted by Gasteiger charge is 2.31. The summed E-state index contributed by atoms with van der Waals surface area (Å²) in [6.07, 6.45) is 1.46. The molecule has 0 saturated heterocycles. The maximum Gasteiger partial charge on any atom is 0.388 e. The minimum Gasteiger partial charge on any atom is -0.588 e. The van der Waals surface area contributed by atoms with Crippen LogP contribution in [0.4, 0.5) is 18.9 Å². The Morgan fingerprint density at radius 2 is 2.03 bits per heavy atom. The quantitative estimate of drug-likeness (QED) is 0.319. The van der Waals surface area contributed by atoms with E-state index in [-0.39, 0.29) is 23.5 Å². The number of aromatic nitrogens is 3. The molecular formula is C16H14ClF3N4O4S. The molecule has 3 heterocycles. The second-order valence-electron chi connectivity index (χ2n) is 5.41. The number of rotatable bonds is 8. The summed E-state index contributed by atoms with van der Waals surface area (Å²) < 4.78 is 67.7. The van der Waals surface area contributed by atoms with Crippen molar-refractivity contribution in [1.29, 1.82) is 0 Å². The molecule has 0 fully saturated rings. The van der Waals surface area contributed by atoms with Crippen LogP contribution in [0.5, 0.6) is 11.8 Å². The molecule has 1 N–H and O–H groups in total. The Hall–Kier alpha value is -2.41. The predicted molar refractivity (Wildman–Crippen MR) is 99.2 cm³/mol. The van der Waals surface area contributed by atoms with E-state index < -0.39 is 29.7 Å². The summed E-state index contributed by atoms with van der Waals surface area (Å²) >= 11 is 3.91. The number of hydrogen-bond acceptors (Lipinski definition) is 7. The lowest BCUT2D eigenvalue weighted by Crippen LogP contribution is -2.33. The van der Waals surface area contributed by atoms with Gasteiger partial charge >= 0.3 is 6.61 Å². The van der Waals surface area contributed by atoms with Crippen LogP contribution in [0.3, 0.4) is 0 Å². The normalized spacial score (nSPS) is 12.4. The topological polar surface area (TPSA) is 95.6 Å². The highest BCUT2D eigenvalue weighted by atomic mass is 35.5. The van der Waals surface area contributed by atoms with Crippen molar-refractivity contribution in [1.82, 2.24) is 15.0 Å². The Kier molecular flexibility index (Phi) is 6.57. The van der Waals surface area contributed by atoms with Crippen molar-refractivity contribution in [3.8, 4) is 11.8 Å². The lowest BCUT2D eigenvalue weighted by atomic mass is 10.3. The van der Waals surface area contributed by atoms with Crippen LogP contribution in [0.15, 0.2) is 29.3 Å². The Labute approximate surface area is 170 Å². The number of H-pyrrole nitrogens is 1. The van der Waals surface area contributed by atoms with E-state index in [1.165, 1.54) is 26.5 Å². The van der Waals surface area contributed by atoms with E-state index in [2.05, 4.69) is 19.7 Å². The molecule has 0 bridgehead atoms. The van der Waals surface area contributed by atoms with Crippen molar-refractivity contribution in [3.05, 3.63) is 35.4 Å². The Morgan fingerprint density at radius 1 is 1.28 bits per heavy atom. The third-order valence-corrected chi connectivity index (χ3v) is 5.28. The molecule has 0 aromatic carbocycles. The number of alkyl halides is 2. The number of pyridine rings is 2. The van der Waals surface area contributed by atoms with Gasteiger partial charge in [-0.25, -0.2) is 9.37 Å². The maximum absolute atomic E-state index is 14.3.